The molecule has 21 heavy (non-hydrogen) atoms. The fraction of sp³-hybridized carbons (Fsp3) is 0.533. The molecule has 2 aliphatic rings. The van der Waals surface area contributed by atoms with Gasteiger partial charge in [-0.05, 0) is 37.3 Å². The van der Waals surface area contributed by atoms with E-state index in [1.165, 1.54) is 0 Å². The van der Waals surface area contributed by atoms with Gasteiger partial charge in [0.1, 0.15) is 0 Å². The van der Waals surface area contributed by atoms with Gasteiger partial charge in [-0.2, -0.15) is 5.26 Å². The third-order valence-corrected chi connectivity index (χ3v) is 5.69. The molecular weight excluding hydrogens is 286 g/mol. The molecule has 2 atom stereocenters. The van der Waals surface area contributed by atoms with Crippen molar-refractivity contribution in [2.75, 3.05) is 0 Å². The third-order valence-electron chi connectivity index (χ3n) is 4.30. The van der Waals surface area contributed by atoms with Gasteiger partial charge in [-0.3, -0.25) is 0 Å². The summed E-state index contributed by atoms with van der Waals surface area (Å²) in [6, 6.07) is 9.80. The van der Waals surface area contributed by atoms with Gasteiger partial charge in [0.25, 0.3) is 0 Å². The van der Waals surface area contributed by atoms with Crippen LogP contribution in [0.25, 0.3) is 0 Å². The van der Waals surface area contributed by atoms with Crippen LogP contribution in [0.5, 0.6) is 0 Å². The quantitative estimate of drug-likeness (QED) is 0.877. The number of hydrogen-bond donors (Lipinski definition) is 2. The van der Waals surface area contributed by atoms with Crippen molar-refractivity contribution in [2.24, 2.45) is 0 Å². The molecule has 2 saturated heterocycles. The summed E-state index contributed by atoms with van der Waals surface area (Å²) < 4.78 is 27.5. The Labute approximate surface area is 125 Å². The predicted molar refractivity (Wildman–Crippen MR) is 79.9 cm³/mol. The Bertz CT molecular complexity index is 654. The number of nitrogens with one attached hydrogen (secondary N) is 2. The van der Waals surface area contributed by atoms with E-state index in [1.807, 2.05) is 6.07 Å². The Balaban J connectivity index is 1.68. The van der Waals surface area contributed by atoms with E-state index in [-0.39, 0.29) is 11.8 Å². The molecular formula is C15H19N3O2S. The van der Waals surface area contributed by atoms with Crippen LogP contribution in [0, 0.1) is 11.3 Å². The number of rotatable bonds is 4. The van der Waals surface area contributed by atoms with Crippen LogP contribution in [-0.4, -0.2) is 26.5 Å². The Kier molecular flexibility index (Phi) is 3.98. The normalized spacial score (nSPS) is 28.2. The van der Waals surface area contributed by atoms with Crippen LogP contribution >= 0.6 is 0 Å². The van der Waals surface area contributed by atoms with Gasteiger partial charge in [0.05, 0.1) is 17.4 Å². The van der Waals surface area contributed by atoms with Crippen LogP contribution in [0.3, 0.4) is 0 Å². The van der Waals surface area contributed by atoms with Crippen molar-refractivity contribution in [1.82, 2.24) is 10.0 Å². The van der Waals surface area contributed by atoms with E-state index in [2.05, 4.69) is 10.0 Å². The zero-order valence-corrected chi connectivity index (χ0v) is 12.6. The molecule has 2 N–H and O–H groups in total. The maximum Gasteiger partial charge on any atom is 0.216 e. The maximum atomic E-state index is 12.3. The largest absolute Gasteiger partial charge is 0.311 e. The van der Waals surface area contributed by atoms with E-state index in [4.69, 9.17) is 5.26 Å². The van der Waals surface area contributed by atoms with E-state index in [0.29, 0.717) is 23.2 Å². The molecule has 5 nitrogen and oxygen atoms in total. The monoisotopic (exact) mass is 305 g/mol. The van der Waals surface area contributed by atoms with Crippen molar-refractivity contribution >= 4 is 10.0 Å². The third kappa shape index (κ3) is 3.43. The summed E-state index contributed by atoms with van der Waals surface area (Å²) in [7, 11) is -3.41. The van der Waals surface area contributed by atoms with Crippen LogP contribution in [0.15, 0.2) is 24.3 Å². The summed E-state index contributed by atoms with van der Waals surface area (Å²) in [4.78, 5) is 0. The minimum atomic E-state index is -3.41. The van der Waals surface area contributed by atoms with Gasteiger partial charge < -0.3 is 5.32 Å². The van der Waals surface area contributed by atoms with Crippen LogP contribution in [0.4, 0.5) is 0 Å². The summed E-state index contributed by atoms with van der Waals surface area (Å²) in [6.45, 7) is 0. The summed E-state index contributed by atoms with van der Waals surface area (Å²) in [6.07, 6.45) is 3.99. The number of fused-ring (bicyclic) bond motifs is 2. The van der Waals surface area contributed by atoms with Crippen LogP contribution in [-0.2, 0) is 15.8 Å². The van der Waals surface area contributed by atoms with Crippen molar-refractivity contribution in [3.05, 3.63) is 35.4 Å². The standard InChI is InChI=1S/C15H19N3O2S/c16-9-11-3-1-2-4-12(11)10-21(19,20)18-15-7-13-5-6-14(8-15)17-13/h1-4,13-15,17-18H,5-8,10H2. The van der Waals surface area contributed by atoms with Gasteiger partial charge in [0.2, 0.25) is 10.0 Å². The molecule has 0 spiro atoms. The number of nitrogens with zero attached hydrogens (tertiary/aromatic N) is 1. The Morgan fingerprint density at radius 2 is 1.90 bits per heavy atom. The molecule has 112 valence electrons. The van der Waals surface area contributed by atoms with Crippen LogP contribution < -0.4 is 10.0 Å². The second-order valence-corrected chi connectivity index (χ2v) is 7.71. The fourth-order valence-corrected chi connectivity index (χ4v) is 4.85. The highest BCUT2D eigenvalue weighted by Gasteiger charge is 2.35. The Morgan fingerprint density at radius 3 is 2.57 bits per heavy atom. The van der Waals surface area contributed by atoms with Crippen LogP contribution in [0.2, 0.25) is 0 Å². The van der Waals surface area contributed by atoms with E-state index in [0.717, 1.165) is 25.7 Å². The van der Waals surface area contributed by atoms with Crippen molar-refractivity contribution in [1.29, 1.82) is 5.26 Å². The minimum absolute atomic E-state index is 0.0167. The van der Waals surface area contributed by atoms with Crippen LogP contribution in [0.1, 0.15) is 36.8 Å². The molecule has 1 aromatic carbocycles. The van der Waals surface area contributed by atoms with Crippen molar-refractivity contribution in [2.45, 2.75) is 49.6 Å². The van der Waals surface area contributed by atoms with Crippen molar-refractivity contribution in [3.8, 4) is 6.07 Å². The average molecular weight is 305 g/mol. The summed E-state index contributed by atoms with van der Waals surface area (Å²) in [5.41, 5.74) is 0.984. The minimum Gasteiger partial charge on any atom is -0.311 e. The molecule has 0 aliphatic carbocycles. The first-order valence-corrected chi connectivity index (χ1v) is 8.95. The average Bonchev–Trinajstić information content (AvgIpc) is 2.77. The van der Waals surface area contributed by atoms with Gasteiger partial charge in [-0.1, -0.05) is 18.2 Å². The van der Waals surface area contributed by atoms with Gasteiger partial charge in [-0.25, -0.2) is 13.1 Å². The highest BCUT2D eigenvalue weighted by atomic mass is 32.2. The number of piperidine rings is 1. The number of sulfonamides is 1. The molecule has 0 saturated carbocycles. The van der Waals surface area contributed by atoms with E-state index in [9.17, 15) is 8.42 Å². The van der Waals surface area contributed by atoms with Crippen molar-refractivity contribution < 1.29 is 8.42 Å². The second-order valence-electron chi connectivity index (χ2n) is 5.95. The number of hydrogen-bond acceptors (Lipinski definition) is 4. The van der Waals surface area contributed by atoms with Gasteiger partial charge in [-0.15, -0.1) is 0 Å². The predicted octanol–water partition coefficient (Wildman–Crippen LogP) is 1.26. The topological polar surface area (TPSA) is 82.0 Å². The Hall–Kier alpha value is -1.42. The molecule has 6 heteroatoms. The first kappa shape index (κ1) is 14.5. The first-order chi connectivity index (χ1) is 10.1. The molecule has 2 aliphatic heterocycles. The van der Waals surface area contributed by atoms with Gasteiger partial charge in [0, 0.05) is 18.1 Å². The van der Waals surface area contributed by atoms with Gasteiger partial charge in [0.15, 0.2) is 0 Å². The number of benzene rings is 1. The Morgan fingerprint density at radius 1 is 1.24 bits per heavy atom. The highest BCUT2D eigenvalue weighted by Crippen LogP contribution is 2.27. The lowest BCUT2D eigenvalue weighted by Gasteiger charge is -2.29. The van der Waals surface area contributed by atoms with E-state index in [1.54, 1.807) is 24.3 Å². The molecule has 0 amide bonds. The molecule has 2 unspecified atom stereocenters. The maximum absolute atomic E-state index is 12.3. The first-order valence-electron chi connectivity index (χ1n) is 7.30. The zero-order valence-electron chi connectivity index (χ0n) is 11.7. The highest BCUT2D eigenvalue weighted by molar-refractivity contribution is 7.88. The molecule has 2 bridgehead atoms. The zero-order chi connectivity index (χ0) is 14.9. The van der Waals surface area contributed by atoms with Crippen molar-refractivity contribution in [3.63, 3.8) is 0 Å². The SMILES string of the molecule is N#Cc1ccccc1CS(=O)(=O)NC1CC2CCC(C1)N2. The molecule has 3 rings (SSSR count). The summed E-state index contributed by atoms with van der Waals surface area (Å²) >= 11 is 0. The summed E-state index contributed by atoms with van der Waals surface area (Å²) in [5.74, 6) is -0.129. The summed E-state index contributed by atoms with van der Waals surface area (Å²) in [5, 5.41) is 12.5. The molecule has 1 aromatic rings. The second kappa shape index (κ2) is 5.76. The van der Waals surface area contributed by atoms with Gasteiger partial charge >= 0.3 is 0 Å². The molecule has 0 radical (unpaired) electrons. The molecule has 2 heterocycles. The lowest BCUT2D eigenvalue weighted by molar-refractivity contribution is 0.345. The lowest BCUT2D eigenvalue weighted by Crippen LogP contribution is -2.48. The van der Waals surface area contributed by atoms with E-state index < -0.39 is 10.0 Å². The lowest BCUT2D eigenvalue weighted by atomic mass is 10.0. The molecule has 2 fully saturated rings. The van der Waals surface area contributed by atoms with E-state index >= 15 is 0 Å². The smallest absolute Gasteiger partial charge is 0.216 e. The molecule has 0 aromatic heterocycles. The number of nitriles is 1. The fourth-order valence-electron chi connectivity index (χ4n) is 3.41.